The number of anilines is 1. The number of benzene rings is 3. The van der Waals surface area contributed by atoms with E-state index in [0.717, 1.165) is 11.4 Å². The summed E-state index contributed by atoms with van der Waals surface area (Å²) in [6, 6.07) is 33.1. The number of nitrogens with one attached hydrogen (secondary N) is 1. The van der Waals surface area contributed by atoms with Crippen LogP contribution in [0.1, 0.15) is 42.1 Å². The summed E-state index contributed by atoms with van der Waals surface area (Å²) in [7, 11) is 0. The van der Waals surface area contributed by atoms with E-state index < -0.39 is 5.97 Å². The fourth-order valence-electron chi connectivity index (χ4n) is 5.44. The van der Waals surface area contributed by atoms with Gasteiger partial charge in [-0.25, -0.2) is 4.79 Å². The van der Waals surface area contributed by atoms with Crippen molar-refractivity contribution < 1.29 is 19.1 Å². The SMILES string of the molecule is O=C(O)/C(=C/C1=CCC(c2ccc(C3=NN(c4ccccc4)C(c4ccc(-c5ccccc5)cc4)C3)o2)O1)C1CN1. The second-order valence-electron chi connectivity index (χ2n) is 10.5. The van der Waals surface area contributed by atoms with E-state index in [1.165, 1.54) is 16.7 Å². The quantitative estimate of drug-likeness (QED) is 0.191. The summed E-state index contributed by atoms with van der Waals surface area (Å²) in [5.41, 5.74) is 5.76. The Labute approximate surface area is 238 Å². The molecule has 1 fully saturated rings. The van der Waals surface area contributed by atoms with E-state index in [9.17, 15) is 9.90 Å². The molecule has 4 heterocycles. The van der Waals surface area contributed by atoms with Gasteiger partial charge in [-0.3, -0.25) is 5.01 Å². The van der Waals surface area contributed by atoms with E-state index in [4.69, 9.17) is 14.3 Å². The number of allylic oxidation sites excluding steroid dienone is 1. The molecule has 4 aromatic rings. The van der Waals surface area contributed by atoms with Gasteiger partial charge in [0, 0.05) is 19.4 Å². The molecule has 3 unspecified atom stereocenters. The van der Waals surface area contributed by atoms with Crippen LogP contribution >= 0.6 is 0 Å². The summed E-state index contributed by atoms with van der Waals surface area (Å²) >= 11 is 0. The van der Waals surface area contributed by atoms with Crippen LogP contribution in [-0.4, -0.2) is 29.4 Å². The van der Waals surface area contributed by atoms with Crippen LogP contribution in [0, 0.1) is 0 Å². The van der Waals surface area contributed by atoms with Gasteiger partial charge >= 0.3 is 5.97 Å². The molecular weight excluding hydrogens is 514 g/mol. The average Bonchev–Trinajstić information content (AvgIpc) is 3.38. The summed E-state index contributed by atoms with van der Waals surface area (Å²) < 4.78 is 12.4. The van der Waals surface area contributed by atoms with Gasteiger partial charge in [-0.1, -0.05) is 72.8 Å². The zero-order valence-electron chi connectivity index (χ0n) is 22.3. The highest BCUT2D eigenvalue weighted by Crippen LogP contribution is 2.39. The van der Waals surface area contributed by atoms with E-state index in [2.05, 4.69) is 71.0 Å². The number of furan rings is 1. The van der Waals surface area contributed by atoms with Crippen molar-refractivity contribution in [2.45, 2.75) is 31.0 Å². The van der Waals surface area contributed by atoms with Crippen molar-refractivity contribution in [1.82, 2.24) is 5.32 Å². The summed E-state index contributed by atoms with van der Waals surface area (Å²) in [4.78, 5) is 11.6. The second kappa shape index (κ2) is 10.6. The number of aliphatic carboxylic acids is 1. The maximum absolute atomic E-state index is 11.6. The van der Waals surface area contributed by atoms with Gasteiger partial charge in [0.05, 0.1) is 23.3 Å². The van der Waals surface area contributed by atoms with Gasteiger partial charge in [0.1, 0.15) is 17.2 Å². The lowest BCUT2D eigenvalue weighted by molar-refractivity contribution is -0.132. The molecular formula is C34H29N3O4. The van der Waals surface area contributed by atoms with Gasteiger partial charge in [-0.15, -0.1) is 0 Å². The summed E-state index contributed by atoms with van der Waals surface area (Å²) in [5.74, 6) is 1.04. The lowest BCUT2D eigenvalue weighted by Crippen LogP contribution is -2.18. The molecule has 0 bridgehead atoms. The molecule has 0 saturated carbocycles. The minimum absolute atomic E-state index is 0.0254. The predicted molar refractivity (Wildman–Crippen MR) is 157 cm³/mol. The van der Waals surface area contributed by atoms with Crippen molar-refractivity contribution in [2.75, 3.05) is 11.6 Å². The maximum atomic E-state index is 11.6. The Morgan fingerprint density at radius 2 is 1.63 bits per heavy atom. The average molecular weight is 544 g/mol. The number of nitrogens with zero attached hydrogens (tertiary/aromatic N) is 2. The third kappa shape index (κ3) is 5.19. The Kier molecular flexibility index (Phi) is 6.49. The first-order valence-electron chi connectivity index (χ1n) is 13.8. The minimum Gasteiger partial charge on any atom is -0.482 e. The highest BCUT2D eigenvalue weighted by atomic mass is 16.5. The number of carboxylic acid groups (broad SMARTS) is 1. The number of hydrogen-bond donors (Lipinski definition) is 2. The van der Waals surface area contributed by atoms with Crippen molar-refractivity contribution in [3.63, 3.8) is 0 Å². The zero-order valence-corrected chi connectivity index (χ0v) is 22.3. The Bertz CT molecular complexity index is 1650. The van der Waals surface area contributed by atoms with Crippen LogP contribution < -0.4 is 10.3 Å². The molecule has 0 aliphatic carbocycles. The van der Waals surface area contributed by atoms with Crippen molar-refractivity contribution in [3.05, 3.63) is 138 Å². The van der Waals surface area contributed by atoms with Crippen LogP contribution in [0.3, 0.4) is 0 Å². The van der Waals surface area contributed by atoms with E-state index in [0.29, 0.717) is 42.2 Å². The number of para-hydroxylation sites is 1. The topological polar surface area (TPSA) is 97.2 Å². The Hall–Kier alpha value is -4.88. The molecule has 0 amide bonds. The summed E-state index contributed by atoms with van der Waals surface area (Å²) in [6.45, 7) is 0.677. The van der Waals surface area contributed by atoms with Crippen LogP contribution in [0.25, 0.3) is 11.1 Å². The van der Waals surface area contributed by atoms with Gasteiger partial charge in [0.2, 0.25) is 0 Å². The molecule has 3 atom stereocenters. The largest absolute Gasteiger partial charge is 0.482 e. The molecule has 3 aliphatic rings. The fraction of sp³-hybridized carbons (Fsp3) is 0.176. The van der Waals surface area contributed by atoms with Gasteiger partial charge in [-0.2, -0.15) is 5.10 Å². The standard InChI is InChI=1S/C34H29N3O4/c38-34(39)27(29-21-35-29)19-26-15-16-32(40-26)33-18-17-31(41-33)28-20-30(37(36-28)25-9-5-2-6-10-25)24-13-11-23(12-14-24)22-7-3-1-4-8-22/h1-15,17-19,29-30,32,35H,16,20-21H2,(H,38,39)/b27-19+. The molecule has 3 aromatic carbocycles. The monoisotopic (exact) mass is 543 g/mol. The Balaban J connectivity index is 1.11. The molecule has 7 heteroatoms. The molecule has 1 saturated heterocycles. The highest BCUT2D eigenvalue weighted by Gasteiger charge is 2.33. The Morgan fingerprint density at radius 1 is 0.927 bits per heavy atom. The third-order valence-corrected chi connectivity index (χ3v) is 7.70. The normalized spacial score (nSPS) is 21.8. The predicted octanol–water partition coefficient (Wildman–Crippen LogP) is 6.63. The highest BCUT2D eigenvalue weighted by molar-refractivity contribution is 6.01. The third-order valence-electron chi connectivity index (χ3n) is 7.70. The number of rotatable bonds is 8. The van der Waals surface area contributed by atoms with Crippen LogP contribution in [0.4, 0.5) is 5.69 Å². The van der Waals surface area contributed by atoms with Gasteiger partial charge in [-0.05, 0) is 53.1 Å². The molecule has 41 heavy (non-hydrogen) atoms. The van der Waals surface area contributed by atoms with Crippen molar-refractivity contribution >= 4 is 17.4 Å². The molecule has 0 spiro atoms. The molecule has 204 valence electrons. The van der Waals surface area contributed by atoms with E-state index in [1.807, 2.05) is 42.5 Å². The number of hydrazone groups is 1. The first-order chi connectivity index (χ1) is 20.1. The van der Waals surface area contributed by atoms with E-state index >= 15 is 0 Å². The number of hydrogen-bond acceptors (Lipinski definition) is 6. The molecule has 1 aromatic heterocycles. The minimum atomic E-state index is -0.931. The lowest BCUT2D eigenvalue weighted by atomic mass is 9.97. The molecule has 3 aliphatic heterocycles. The first kappa shape index (κ1) is 25.1. The molecule has 7 rings (SSSR count). The van der Waals surface area contributed by atoms with Crippen LogP contribution in [0.2, 0.25) is 0 Å². The number of carboxylic acids is 1. The first-order valence-corrected chi connectivity index (χ1v) is 13.8. The lowest BCUT2D eigenvalue weighted by Gasteiger charge is -2.24. The van der Waals surface area contributed by atoms with E-state index in [-0.39, 0.29) is 18.2 Å². The summed E-state index contributed by atoms with van der Waals surface area (Å²) in [5, 5.41) is 19.6. The zero-order chi connectivity index (χ0) is 27.8. The smallest absolute Gasteiger partial charge is 0.333 e. The van der Waals surface area contributed by atoms with Crippen molar-refractivity contribution in [1.29, 1.82) is 0 Å². The van der Waals surface area contributed by atoms with Gasteiger partial charge < -0.3 is 19.6 Å². The van der Waals surface area contributed by atoms with Crippen LogP contribution in [-0.2, 0) is 9.53 Å². The summed E-state index contributed by atoms with van der Waals surface area (Å²) in [6.07, 6.45) is 4.54. The number of ether oxygens (including phenoxy) is 1. The second-order valence-corrected chi connectivity index (χ2v) is 10.5. The number of carbonyl (C=O) groups is 1. The van der Waals surface area contributed by atoms with Crippen LogP contribution in [0.5, 0.6) is 0 Å². The Morgan fingerprint density at radius 3 is 2.34 bits per heavy atom. The maximum Gasteiger partial charge on any atom is 0.333 e. The van der Waals surface area contributed by atoms with Gasteiger partial charge in [0.15, 0.2) is 11.9 Å². The fourth-order valence-corrected chi connectivity index (χ4v) is 5.44. The van der Waals surface area contributed by atoms with Gasteiger partial charge in [0.25, 0.3) is 0 Å². The van der Waals surface area contributed by atoms with Crippen molar-refractivity contribution in [3.8, 4) is 11.1 Å². The molecule has 2 N–H and O–H groups in total. The van der Waals surface area contributed by atoms with Crippen LogP contribution in [0.15, 0.2) is 130 Å². The van der Waals surface area contributed by atoms with E-state index in [1.54, 1.807) is 6.08 Å². The van der Waals surface area contributed by atoms with Crippen molar-refractivity contribution in [2.24, 2.45) is 5.10 Å². The molecule has 7 nitrogen and oxygen atoms in total. The molecule has 0 radical (unpaired) electrons.